The maximum absolute atomic E-state index is 12.5. The summed E-state index contributed by atoms with van der Waals surface area (Å²) in [6.45, 7) is -0.172. The first-order valence-electron chi connectivity index (χ1n) is 9.51. The number of fused-ring (bicyclic) bond motifs is 3. The molecule has 1 aliphatic rings. The summed E-state index contributed by atoms with van der Waals surface area (Å²) in [6, 6.07) is 7.13. The largest absolute Gasteiger partial charge is 0.459 e. The van der Waals surface area contributed by atoms with Gasteiger partial charge in [-0.2, -0.15) is 0 Å². The Morgan fingerprint density at radius 3 is 2.70 bits per heavy atom. The van der Waals surface area contributed by atoms with E-state index >= 15 is 0 Å². The Hall–Kier alpha value is -2.23. The molecule has 3 aromatic rings. The minimum Gasteiger partial charge on any atom is -0.459 e. The summed E-state index contributed by atoms with van der Waals surface area (Å²) >= 11 is 7.27. The summed E-state index contributed by atoms with van der Waals surface area (Å²) in [5, 5.41) is 0.431. The van der Waals surface area contributed by atoms with Crippen molar-refractivity contribution >= 4 is 43.7 Å². The smallest absolute Gasteiger partial charge is 0.307 e. The van der Waals surface area contributed by atoms with Gasteiger partial charge in [0.25, 0.3) is 5.56 Å². The van der Waals surface area contributed by atoms with Crippen LogP contribution in [0.1, 0.15) is 35.5 Å². The van der Waals surface area contributed by atoms with Gasteiger partial charge in [-0.3, -0.25) is 14.0 Å². The Morgan fingerprint density at radius 1 is 1.20 bits per heavy atom. The van der Waals surface area contributed by atoms with E-state index in [1.54, 1.807) is 4.40 Å². The second-order valence-electron chi connectivity index (χ2n) is 7.07. The van der Waals surface area contributed by atoms with Crippen LogP contribution in [0, 0.1) is 0 Å². The van der Waals surface area contributed by atoms with Gasteiger partial charge in [-0.15, -0.1) is 11.3 Å². The number of halogens is 1. The number of aromatic nitrogens is 2. The molecule has 0 radical (unpaired) electrons. The van der Waals surface area contributed by atoms with Crippen molar-refractivity contribution < 1.29 is 17.9 Å². The molecule has 0 bridgehead atoms. The normalized spacial score (nSPS) is 13.9. The van der Waals surface area contributed by atoms with E-state index in [0.29, 0.717) is 15.7 Å². The average molecular weight is 467 g/mol. The topological polar surface area (TPSA) is 94.8 Å². The number of rotatable bonds is 6. The lowest BCUT2D eigenvalue weighted by atomic mass is 10.0. The highest BCUT2D eigenvalue weighted by Crippen LogP contribution is 2.28. The molecule has 10 heteroatoms. The van der Waals surface area contributed by atoms with Gasteiger partial charge in [-0.25, -0.2) is 13.4 Å². The first-order valence-corrected chi connectivity index (χ1v) is 12.4. The van der Waals surface area contributed by atoms with Crippen LogP contribution in [0.3, 0.4) is 0 Å². The molecule has 0 N–H and O–H groups in total. The number of sulfone groups is 1. The van der Waals surface area contributed by atoms with Gasteiger partial charge in [-0.05, 0) is 49.9 Å². The van der Waals surface area contributed by atoms with Gasteiger partial charge in [0.15, 0.2) is 14.8 Å². The second kappa shape index (κ2) is 8.49. The molecule has 2 aromatic heterocycles. The molecule has 2 heterocycles. The number of thiazole rings is 1. The maximum atomic E-state index is 12.5. The molecule has 0 spiro atoms. The van der Waals surface area contributed by atoms with E-state index in [1.807, 2.05) is 0 Å². The number of nitrogens with zero attached hydrogens (tertiary/aromatic N) is 2. The van der Waals surface area contributed by atoms with Gasteiger partial charge in [0.05, 0.1) is 22.8 Å². The van der Waals surface area contributed by atoms with Crippen molar-refractivity contribution in [1.29, 1.82) is 0 Å². The van der Waals surface area contributed by atoms with Gasteiger partial charge in [0.1, 0.15) is 6.61 Å². The Kier molecular flexibility index (Phi) is 5.95. The molecule has 0 unspecified atom stereocenters. The molecule has 4 rings (SSSR count). The Bertz CT molecular complexity index is 1260. The van der Waals surface area contributed by atoms with Crippen molar-refractivity contribution in [3.05, 3.63) is 62.0 Å². The van der Waals surface area contributed by atoms with Gasteiger partial charge in [0, 0.05) is 21.7 Å². The quantitative estimate of drug-likeness (QED) is 0.518. The van der Waals surface area contributed by atoms with Crippen molar-refractivity contribution in [2.24, 2.45) is 0 Å². The zero-order valence-corrected chi connectivity index (χ0v) is 18.4. The molecule has 30 heavy (non-hydrogen) atoms. The number of carbonyl (C=O) groups excluding carboxylic acids is 1. The molecule has 0 atom stereocenters. The van der Waals surface area contributed by atoms with Crippen molar-refractivity contribution in [2.45, 2.75) is 43.6 Å². The van der Waals surface area contributed by atoms with E-state index in [-0.39, 0.29) is 29.2 Å². The zero-order valence-electron chi connectivity index (χ0n) is 16.0. The van der Waals surface area contributed by atoms with E-state index in [4.69, 9.17) is 16.3 Å². The fourth-order valence-corrected chi connectivity index (χ4v) is 6.00. The van der Waals surface area contributed by atoms with Crippen molar-refractivity contribution in [2.75, 3.05) is 5.75 Å². The van der Waals surface area contributed by atoms with Crippen molar-refractivity contribution in [1.82, 2.24) is 9.38 Å². The fraction of sp³-hybridized carbons (Fsp3) is 0.350. The van der Waals surface area contributed by atoms with Gasteiger partial charge >= 0.3 is 5.97 Å². The first kappa shape index (κ1) is 21.0. The first-order chi connectivity index (χ1) is 14.3. The molecule has 158 valence electrons. The standard InChI is InChI=1S/C20H19ClN2O5S2/c21-13-5-7-15(8-6-13)30(26,27)10-9-19(25)28-12-14-11-18(24)23-16-3-1-2-4-17(16)29-20(23)22-14/h5-8,11H,1-4,9-10,12H2. The summed E-state index contributed by atoms with van der Waals surface area (Å²) in [5.74, 6) is -1.04. The minimum atomic E-state index is -3.62. The Labute approximate surface area is 182 Å². The SMILES string of the molecule is O=C(CCS(=O)(=O)c1ccc(Cl)cc1)OCc1cc(=O)n2c3c(sc2n1)CCCC3. The van der Waals surface area contributed by atoms with Crippen molar-refractivity contribution in [3.63, 3.8) is 0 Å². The molecule has 1 aromatic carbocycles. The highest BCUT2D eigenvalue weighted by atomic mass is 35.5. The highest BCUT2D eigenvalue weighted by molar-refractivity contribution is 7.91. The summed E-state index contributed by atoms with van der Waals surface area (Å²) < 4.78 is 31.4. The molecule has 7 nitrogen and oxygen atoms in total. The summed E-state index contributed by atoms with van der Waals surface area (Å²) in [5.41, 5.74) is 1.21. The number of hydrogen-bond donors (Lipinski definition) is 0. The summed E-state index contributed by atoms with van der Waals surface area (Å²) in [4.78, 5) is 30.9. The van der Waals surface area contributed by atoms with Gasteiger partial charge in [0.2, 0.25) is 0 Å². The lowest BCUT2D eigenvalue weighted by Gasteiger charge is -2.10. The highest BCUT2D eigenvalue weighted by Gasteiger charge is 2.20. The van der Waals surface area contributed by atoms with Crippen LogP contribution in [0.4, 0.5) is 0 Å². The predicted molar refractivity (Wildman–Crippen MR) is 114 cm³/mol. The molecular weight excluding hydrogens is 448 g/mol. The van der Waals surface area contributed by atoms with E-state index < -0.39 is 15.8 Å². The lowest BCUT2D eigenvalue weighted by molar-refractivity contribution is -0.144. The summed E-state index contributed by atoms with van der Waals surface area (Å²) in [6.07, 6.45) is 3.70. The van der Waals surface area contributed by atoms with Crippen LogP contribution < -0.4 is 5.56 Å². The van der Waals surface area contributed by atoms with Crippen LogP contribution in [0.25, 0.3) is 4.96 Å². The predicted octanol–water partition coefficient (Wildman–Crippen LogP) is 3.20. The fourth-order valence-electron chi connectivity index (χ4n) is 3.42. The Balaban J connectivity index is 1.39. The number of ether oxygens (including phenoxy) is 1. The van der Waals surface area contributed by atoms with Gasteiger partial charge in [-0.1, -0.05) is 11.6 Å². The van der Waals surface area contributed by atoms with E-state index in [9.17, 15) is 18.0 Å². The number of benzene rings is 1. The molecule has 0 amide bonds. The van der Waals surface area contributed by atoms with Gasteiger partial charge < -0.3 is 4.74 Å². The third-order valence-electron chi connectivity index (χ3n) is 4.94. The molecular formula is C20H19ClN2O5S2. The van der Waals surface area contributed by atoms with Crippen LogP contribution >= 0.6 is 22.9 Å². The number of carbonyl (C=O) groups is 1. The zero-order chi connectivity index (χ0) is 21.3. The second-order valence-corrected chi connectivity index (χ2v) is 10.7. The summed E-state index contributed by atoms with van der Waals surface area (Å²) in [7, 11) is -3.62. The Morgan fingerprint density at radius 2 is 1.93 bits per heavy atom. The average Bonchev–Trinajstić information content (AvgIpc) is 3.10. The van der Waals surface area contributed by atoms with Crippen molar-refractivity contribution in [3.8, 4) is 0 Å². The van der Waals surface area contributed by atoms with Crippen LogP contribution in [-0.4, -0.2) is 29.5 Å². The lowest BCUT2D eigenvalue weighted by Crippen LogP contribution is -2.19. The maximum Gasteiger partial charge on any atom is 0.307 e. The molecule has 0 fully saturated rings. The third kappa shape index (κ3) is 4.43. The van der Waals surface area contributed by atoms with Crippen LogP contribution in [0.15, 0.2) is 40.0 Å². The van der Waals surface area contributed by atoms with Crippen LogP contribution in [-0.2, 0) is 38.8 Å². The van der Waals surface area contributed by atoms with E-state index in [2.05, 4.69) is 4.98 Å². The third-order valence-corrected chi connectivity index (χ3v) is 8.07. The van der Waals surface area contributed by atoms with E-state index in [1.165, 1.54) is 46.5 Å². The van der Waals surface area contributed by atoms with Crippen LogP contribution in [0.5, 0.6) is 0 Å². The molecule has 0 aliphatic heterocycles. The van der Waals surface area contributed by atoms with Crippen LogP contribution in [0.2, 0.25) is 5.02 Å². The molecule has 0 saturated carbocycles. The number of aryl methyl sites for hydroxylation is 2. The molecule has 0 saturated heterocycles. The minimum absolute atomic E-state index is 0.0986. The number of hydrogen-bond acceptors (Lipinski definition) is 7. The monoisotopic (exact) mass is 466 g/mol. The molecule has 1 aliphatic carbocycles. The number of esters is 1. The van der Waals surface area contributed by atoms with E-state index in [0.717, 1.165) is 31.4 Å².